The Labute approximate surface area is 123 Å². The van der Waals surface area contributed by atoms with Gasteiger partial charge in [0.25, 0.3) is 0 Å². The number of ether oxygens (including phenoxy) is 1. The van der Waals surface area contributed by atoms with Crippen molar-refractivity contribution >= 4 is 12.1 Å². The van der Waals surface area contributed by atoms with Gasteiger partial charge in [0, 0.05) is 6.54 Å². The molecule has 0 aliphatic rings. The van der Waals surface area contributed by atoms with Crippen LogP contribution in [0.1, 0.15) is 31.2 Å². The lowest BCUT2D eigenvalue weighted by Crippen LogP contribution is -2.25. The molecule has 1 atom stereocenters. The van der Waals surface area contributed by atoms with Crippen LogP contribution < -0.4 is 5.32 Å². The summed E-state index contributed by atoms with van der Waals surface area (Å²) in [5, 5.41) is 20.4. The van der Waals surface area contributed by atoms with Crippen molar-refractivity contribution in [2.75, 3.05) is 6.54 Å². The third-order valence-electron chi connectivity index (χ3n) is 2.86. The molecule has 0 saturated heterocycles. The maximum Gasteiger partial charge on any atom is 0.407 e. The minimum Gasteiger partial charge on any atom is -0.481 e. The summed E-state index contributed by atoms with van der Waals surface area (Å²) in [6.45, 7) is 0.664. The van der Waals surface area contributed by atoms with Gasteiger partial charge in [-0.3, -0.25) is 4.79 Å². The number of carboxylic acids is 1. The number of alkyl carbamates (subject to hydrolysis) is 1. The van der Waals surface area contributed by atoms with E-state index >= 15 is 0 Å². The topological polar surface area (TPSA) is 95.9 Å². The van der Waals surface area contributed by atoms with E-state index in [1.807, 2.05) is 30.3 Å². The van der Waals surface area contributed by atoms with Crippen LogP contribution in [0.5, 0.6) is 0 Å². The van der Waals surface area contributed by atoms with E-state index in [1.165, 1.54) is 0 Å². The van der Waals surface area contributed by atoms with Gasteiger partial charge in [-0.2, -0.15) is 0 Å². The first-order valence-corrected chi connectivity index (χ1v) is 6.92. The molecule has 0 aliphatic heterocycles. The maximum atomic E-state index is 11.4. The third-order valence-corrected chi connectivity index (χ3v) is 2.86. The number of unbranched alkanes of at least 4 members (excludes halogenated alkanes) is 1. The van der Waals surface area contributed by atoms with Crippen LogP contribution >= 0.6 is 0 Å². The van der Waals surface area contributed by atoms with Gasteiger partial charge in [-0.1, -0.05) is 30.3 Å². The van der Waals surface area contributed by atoms with Crippen LogP contribution in [0.3, 0.4) is 0 Å². The normalized spacial score (nSPS) is 11.7. The summed E-state index contributed by atoms with van der Waals surface area (Å²) in [5.74, 6) is -1.01. The number of aliphatic hydroxyl groups is 1. The summed E-state index contributed by atoms with van der Waals surface area (Å²) in [5.41, 5.74) is 0.921. The second kappa shape index (κ2) is 9.77. The number of aliphatic hydroxyl groups excluding tert-OH is 1. The van der Waals surface area contributed by atoms with E-state index in [9.17, 15) is 14.7 Å². The van der Waals surface area contributed by atoms with Gasteiger partial charge >= 0.3 is 12.1 Å². The number of hydrogen-bond donors (Lipinski definition) is 3. The molecule has 0 bridgehead atoms. The number of carboxylic acid groups (broad SMARTS) is 1. The highest BCUT2D eigenvalue weighted by molar-refractivity contribution is 5.67. The highest BCUT2D eigenvalue weighted by Crippen LogP contribution is 2.04. The molecule has 0 heterocycles. The van der Waals surface area contributed by atoms with Gasteiger partial charge < -0.3 is 20.3 Å². The first-order valence-electron chi connectivity index (χ1n) is 6.92. The molecule has 1 aromatic carbocycles. The predicted octanol–water partition coefficient (Wildman–Crippen LogP) is 1.92. The molecule has 0 aromatic heterocycles. The van der Waals surface area contributed by atoms with Crippen LogP contribution in [0.15, 0.2) is 30.3 Å². The van der Waals surface area contributed by atoms with E-state index in [4.69, 9.17) is 9.84 Å². The van der Waals surface area contributed by atoms with E-state index in [2.05, 4.69) is 5.32 Å². The highest BCUT2D eigenvalue weighted by Gasteiger charge is 2.08. The molecular formula is C15H21NO5. The number of aliphatic carboxylic acids is 1. The maximum absolute atomic E-state index is 11.4. The lowest BCUT2D eigenvalue weighted by atomic mass is 10.1. The van der Waals surface area contributed by atoms with Gasteiger partial charge in [0.15, 0.2) is 0 Å². The van der Waals surface area contributed by atoms with Crippen LogP contribution in [0.4, 0.5) is 4.79 Å². The Balaban J connectivity index is 2.02. The zero-order chi connectivity index (χ0) is 15.5. The number of benzene rings is 1. The fourth-order valence-corrected chi connectivity index (χ4v) is 1.77. The summed E-state index contributed by atoms with van der Waals surface area (Å²) in [6, 6.07) is 9.38. The second-order valence-electron chi connectivity index (χ2n) is 4.74. The molecule has 6 nitrogen and oxygen atoms in total. The molecule has 1 rings (SSSR count). The van der Waals surface area contributed by atoms with Crippen molar-refractivity contribution in [1.82, 2.24) is 5.32 Å². The molecule has 0 aliphatic carbocycles. The second-order valence-corrected chi connectivity index (χ2v) is 4.74. The SMILES string of the molecule is O=C(O)C[C@@H](O)CCCCNC(=O)OCc1ccccc1. The first kappa shape index (κ1) is 17.0. The smallest absolute Gasteiger partial charge is 0.407 e. The van der Waals surface area contributed by atoms with E-state index in [1.54, 1.807) is 0 Å². The molecule has 0 spiro atoms. The Morgan fingerprint density at radius 1 is 1.19 bits per heavy atom. The van der Waals surface area contributed by atoms with Gasteiger partial charge in [-0.05, 0) is 24.8 Å². The molecule has 116 valence electrons. The van der Waals surface area contributed by atoms with Crippen molar-refractivity contribution in [3.05, 3.63) is 35.9 Å². The van der Waals surface area contributed by atoms with Crippen LogP contribution in [0.25, 0.3) is 0 Å². The van der Waals surface area contributed by atoms with Crippen molar-refractivity contribution < 1.29 is 24.5 Å². The Hall–Kier alpha value is -2.08. The van der Waals surface area contributed by atoms with E-state index < -0.39 is 18.2 Å². The molecule has 0 fully saturated rings. The van der Waals surface area contributed by atoms with Crippen LogP contribution in [0, 0.1) is 0 Å². The van der Waals surface area contributed by atoms with Crippen LogP contribution in [-0.2, 0) is 16.1 Å². The highest BCUT2D eigenvalue weighted by atomic mass is 16.5. The zero-order valence-corrected chi connectivity index (χ0v) is 11.8. The van der Waals surface area contributed by atoms with Crippen molar-refractivity contribution in [1.29, 1.82) is 0 Å². The molecule has 1 amide bonds. The Kier molecular flexibility index (Phi) is 7.89. The Morgan fingerprint density at radius 3 is 2.57 bits per heavy atom. The molecule has 0 saturated carbocycles. The lowest BCUT2D eigenvalue weighted by molar-refractivity contribution is -0.139. The quantitative estimate of drug-likeness (QED) is 0.605. The fraction of sp³-hybridized carbons (Fsp3) is 0.467. The first-order chi connectivity index (χ1) is 10.1. The van der Waals surface area contributed by atoms with E-state index in [0.717, 1.165) is 5.56 Å². The van der Waals surface area contributed by atoms with Crippen LogP contribution in [0.2, 0.25) is 0 Å². The van der Waals surface area contributed by atoms with Crippen molar-refractivity contribution in [2.24, 2.45) is 0 Å². The summed E-state index contributed by atoms with van der Waals surface area (Å²) in [6.07, 6.45) is 0.168. The largest absolute Gasteiger partial charge is 0.481 e. The number of nitrogens with one attached hydrogen (secondary N) is 1. The Morgan fingerprint density at radius 2 is 1.90 bits per heavy atom. The van der Waals surface area contributed by atoms with Crippen molar-refractivity contribution in [3.63, 3.8) is 0 Å². The number of amides is 1. The Bertz CT molecular complexity index is 435. The van der Waals surface area contributed by atoms with E-state index in [-0.39, 0.29) is 13.0 Å². The van der Waals surface area contributed by atoms with Gasteiger partial charge in [-0.15, -0.1) is 0 Å². The summed E-state index contributed by atoms with van der Waals surface area (Å²) >= 11 is 0. The minimum absolute atomic E-state index is 0.226. The molecule has 0 radical (unpaired) electrons. The zero-order valence-electron chi connectivity index (χ0n) is 11.8. The lowest BCUT2D eigenvalue weighted by Gasteiger charge is -2.09. The number of hydrogen-bond acceptors (Lipinski definition) is 4. The number of carbonyl (C=O) groups excluding carboxylic acids is 1. The predicted molar refractivity (Wildman–Crippen MR) is 76.7 cm³/mol. The third kappa shape index (κ3) is 8.65. The molecule has 3 N–H and O–H groups in total. The van der Waals surface area contributed by atoms with Gasteiger partial charge in [0.05, 0.1) is 12.5 Å². The minimum atomic E-state index is -1.01. The average Bonchev–Trinajstić information content (AvgIpc) is 2.45. The molecule has 21 heavy (non-hydrogen) atoms. The summed E-state index contributed by atoms with van der Waals surface area (Å²) in [7, 11) is 0. The van der Waals surface area contributed by atoms with Gasteiger partial charge in [-0.25, -0.2) is 4.79 Å². The summed E-state index contributed by atoms with van der Waals surface area (Å²) in [4.78, 5) is 21.7. The molecule has 6 heteroatoms. The van der Waals surface area contributed by atoms with Gasteiger partial charge in [0.2, 0.25) is 0 Å². The number of rotatable bonds is 9. The fourth-order valence-electron chi connectivity index (χ4n) is 1.77. The molecule has 1 aromatic rings. The van der Waals surface area contributed by atoms with E-state index in [0.29, 0.717) is 25.8 Å². The molecule has 0 unspecified atom stereocenters. The van der Waals surface area contributed by atoms with Gasteiger partial charge in [0.1, 0.15) is 6.61 Å². The summed E-state index contributed by atoms with van der Waals surface area (Å²) < 4.78 is 5.03. The average molecular weight is 295 g/mol. The monoisotopic (exact) mass is 295 g/mol. The molecular weight excluding hydrogens is 274 g/mol. The number of carbonyl (C=O) groups is 2. The van der Waals surface area contributed by atoms with Crippen molar-refractivity contribution in [3.8, 4) is 0 Å². The van der Waals surface area contributed by atoms with Crippen LogP contribution in [-0.4, -0.2) is 34.9 Å². The standard InChI is InChI=1S/C15H21NO5/c17-13(10-14(18)19)8-4-5-9-16-15(20)21-11-12-6-2-1-3-7-12/h1-3,6-7,13,17H,4-5,8-11H2,(H,16,20)(H,18,19)/t13-/m0/s1. The van der Waals surface area contributed by atoms with Crippen molar-refractivity contribution in [2.45, 2.75) is 38.4 Å².